The molecule has 0 amide bonds. The summed E-state index contributed by atoms with van der Waals surface area (Å²) in [6.07, 6.45) is -4.35. The molecule has 0 radical (unpaired) electrons. The summed E-state index contributed by atoms with van der Waals surface area (Å²) in [5.41, 5.74) is 0. The molecule has 0 aliphatic carbocycles. The average molecular weight is 162 g/mol. The molecule has 2 bridgehead atoms. The molecule has 5 nitrogen and oxygen atoms in total. The first-order valence-corrected chi connectivity index (χ1v) is 3.51. The minimum atomic E-state index is -1.23. The van der Waals surface area contributed by atoms with Gasteiger partial charge in [0.15, 0.2) is 6.29 Å². The Balaban J connectivity index is 2.16. The van der Waals surface area contributed by atoms with Crippen LogP contribution < -0.4 is 0 Å². The van der Waals surface area contributed by atoms with E-state index in [1.165, 1.54) is 0 Å². The van der Waals surface area contributed by atoms with Crippen LogP contribution in [0.4, 0.5) is 0 Å². The van der Waals surface area contributed by atoms with Crippen LogP contribution in [0.25, 0.3) is 0 Å². The standard InChI is InChI=1S/C6H10O5/c7-3-2-1-10-5(3)4(8)6(9)11-2/h2-9H,1H2/t2-,3+,4-,5+,6-/m0/s1. The smallest absolute Gasteiger partial charge is 0.184 e. The van der Waals surface area contributed by atoms with Crippen molar-refractivity contribution in [1.82, 2.24) is 0 Å². The van der Waals surface area contributed by atoms with Crippen molar-refractivity contribution in [2.24, 2.45) is 0 Å². The van der Waals surface area contributed by atoms with Crippen LogP contribution in [0.5, 0.6) is 0 Å². The zero-order valence-corrected chi connectivity index (χ0v) is 5.75. The highest BCUT2D eigenvalue weighted by Gasteiger charge is 2.49. The Hall–Kier alpha value is -0.200. The van der Waals surface area contributed by atoms with E-state index in [0.29, 0.717) is 0 Å². The normalized spacial score (nSPS) is 56.5. The predicted molar refractivity (Wildman–Crippen MR) is 32.6 cm³/mol. The fourth-order valence-corrected chi connectivity index (χ4v) is 1.46. The van der Waals surface area contributed by atoms with Gasteiger partial charge in [0.2, 0.25) is 0 Å². The molecule has 0 unspecified atom stereocenters. The van der Waals surface area contributed by atoms with Gasteiger partial charge in [0.05, 0.1) is 6.61 Å². The van der Waals surface area contributed by atoms with Gasteiger partial charge in [-0.3, -0.25) is 0 Å². The van der Waals surface area contributed by atoms with Gasteiger partial charge < -0.3 is 24.8 Å². The Labute approximate surface area is 63.2 Å². The second kappa shape index (κ2) is 2.40. The Morgan fingerprint density at radius 1 is 1.09 bits per heavy atom. The molecule has 0 aromatic heterocycles. The van der Waals surface area contributed by atoms with Crippen LogP contribution in [-0.2, 0) is 9.47 Å². The monoisotopic (exact) mass is 162 g/mol. The van der Waals surface area contributed by atoms with E-state index in [4.69, 9.17) is 14.6 Å². The van der Waals surface area contributed by atoms with Crippen molar-refractivity contribution >= 4 is 0 Å². The molecular formula is C6H10O5. The van der Waals surface area contributed by atoms with Gasteiger partial charge in [-0.1, -0.05) is 0 Å². The molecule has 2 aliphatic rings. The number of fused-ring (bicyclic) bond motifs is 2. The highest BCUT2D eigenvalue weighted by Crippen LogP contribution is 2.28. The summed E-state index contributed by atoms with van der Waals surface area (Å²) in [5.74, 6) is 0. The summed E-state index contributed by atoms with van der Waals surface area (Å²) in [6, 6.07) is 0. The highest BCUT2D eigenvalue weighted by atomic mass is 16.7. The molecule has 64 valence electrons. The van der Waals surface area contributed by atoms with Crippen LogP contribution in [0.1, 0.15) is 0 Å². The maximum atomic E-state index is 9.28. The molecule has 5 heteroatoms. The molecule has 0 spiro atoms. The molecule has 2 rings (SSSR count). The van der Waals surface area contributed by atoms with Crippen LogP contribution in [0.2, 0.25) is 0 Å². The zero-order valence-electron chi connectivity index (χ0n) is 5.75. The van der Waals surface area contributed by atoms with Crippen molar-refractivity contribution in [3.05, 3.63) is 0 Å². The Kier molecular flexibility index (Phi) is 1.62. The summed E-state index contributed by atoms with van der Waals surface area (Å²) in [4.78, 5) is 0. The fraction of sp³-hybridized carbons (Fsp3) is 1.00. The van der Waals surface area contributed by atoms with Gasteiger partial charge >= 0.3 is 0 Å². The first-order chi connectivity index (χ1) is 5.20. The second-order valence-electron chi connectivity index (χ2n) is 2.84. The van der Waals surface area contributed by atoms with Crippen LogP contribution in [-0.4, -0.2) is 52.6 Å². The van der Waals surface area contributed by atoms with Crippen LogP contribution in [0.15, 0.2) is 0 Å². The van der Waals surface area contributed by atoms with Crippen LogP contribution >= 0.6 is 0 Å². The molecule has 2 aliphatic heterocycles. The molecule has 0 aromatic carbocycles. The van der Waals surface area contributed by atoms with E-state index >= 15 is 0 Å². The van der Waals surface area contributed by atoms with Gasteiger partial charge in [-0.15, -0.1) is 0 Å². The number of ether oxygens (including phenoxy) is 2. The summed E-state index contributed by atoms with van der Waals surface area (Å²) < 4.78 is 9.82. The lowest BCUT2D eigenvalue weighted by molar-refractivity contribution is -0.242. The number of aliphatic hydroxyl groups excluding tert-OH is 3. The van der Waals surface area contributed by atoms with Gasteiger partial charge in [-0.2, -0.15) is 0 Å². The third-order valence-corrected chi connectivity index (χ3v) is 2.11. The summed E-state index contributed by atoms with van der Waals surface area (Å²) in [7, 11) is 0. The SMILES string of the molecule is O[C@H]1[C@H]2OC[C@@H]1O[C@H](O)[C@H]2O. The van der Waals surface area contributed by atoms with E-state index in [2.05, 4.69) is 0 Å². The van der Waals surface area contributed by atoms with Crippen molar-refractivity contribution in [1.29, 1.82) is 0 Å². The van der Waals surface area contributed by atoms with Crippen molar-refractivity contribution in [3.63, 3.8) is 0 Å². The predicted octanol–water partition coefficient (Wildman–Crippen LogP) is -2.18. The van der Waals surface area contributed by atoms with E-state index in [1.54, 1.807) is 0 Å². The lowest BCUT2D eigenvalue weighted by atomic mass is 10.0. The van der Waals surface area contributed by atoms with Crippen molar-refractivity contribution < 1.29 is 24.8 Å². The molecule has 5 atom stereocenters. The number of aliphatic hydroxyl groups is 3. The molecule has 0 saturated carbocycles. The summed E-state index contributed by atoms with van der Waals surface area (Å²) >= 11 is 0. The van der Waals surface area contributed by atoms with Crippen LogP contribution in [0.3, 0.4) is 0 Å². The Morgan fingerprint density at radius 2 is 1.82 bits per heavy atom. The van der Waals surface area contributed by atoms with Gasteiger partial charge in [0.1, 0.15) is 24.4 Å². The third kappa shape index (κ3) is 0.969. The second-order valence-corrected chi connectivity index (χ2v) is 2.84. The van der Waals surface area contributed by atoms with Gasteiger partial charge in [-0.25, -0.2) is 0 Å². The van der Waals surface area contributed by atoms with E-state index in [9.17, 15) is 10.2 Å². The summed E-state index contributed by atoms with van der Waals surface area (Å²) in [6.45, 7) is 0.236. The first-order valence-electron chi connectivity index (χ1n) is 3.51. The molecule has 2 fully saturated rings. The van der Waals surface area contributed by atoms with Crippen molar-refractivity contribution in [3.8, 4) is 0 Å². The lowest BCUT2D eigenvalue weighted by Gasteiger charge is -2.31. The third-order valence-electron chi connectivity index (χ3n) is 2.11. The first kappa shape index (κ1) is 7.45. The molecule has 0 aromatic rings. The van der Waals surface area contributed by atoms with E-state index < -0.39 is 30.7 Å². The van der Waals surface area contributed by atoms with Gasteiger partial charge in [0, 0.05) is 0 Å². The minimum absolute atomic E-state index is 0.236. The van der Waals surface area contributed by atoms with Crippen molar-refractivity contribution in [2.75, 3.05) is 6.61 Å². The topological polar surface area (TPSA) is 79.2 Å². The lowest BCUT2D eigenvalue weighted by Crippen LogP contribution is -2.52. The number of hydrogen-bond donors (Lipinski definition) is 3. The Morgan fingerprint density at radius 3 is 2.55 bits per heavy atom. The molecule has 11 heavy (non-hydrogen) atoms. The number of rotatable bonds is 0. The zero-order chi connectivity index (χ0) is 8.01. The molecule has 3 N–H and O–H groups in total. The largest absolute Gasteiger partial charge is 0.387 e. The molecular weight excluding hydrogens is 152 g/mol. The van der Waals surface area contributed by atoms with Gasteiger partial charge in [-0.05, 0) is 0 Å². The minimum Gasteiger partial charge on any atom is -0.387 e. The average Bonchev–Trinajstić information content (AvgIpc) is 2.23. The maximum absolute atomic E-state index is 9.28. The number of hydrogen-bond acceptors (Lipinski definition) is 5. The van der Waals surface area contributed by atoms with E-state index in [0.717, 1.165) is 0 Å². The Bertz CT molecular complexity index is 161. The molecule has 2 heterocycles. The van der Waals surface area contributed by atoms with Gasteiger partial charge in [0.25, 0.3) is 0 Å². The molecule has 2 saturated heterocycles. The quantitative estimate of drug-likeness (QED) is 0.377. The maximum Gasteiger partial charge on any atom is 0.184 e. The van der Waals surface area contributed by atoms with E-state index in [1.807, 2.05) is 0 Å². The van der Waals surface area contributed by atoms with Crippen LogP contribution in [0, 0.1) is 0 Å². The van der Waals surface area contributed by atoms with Crippen molar-refractivity contribution in [2.45, 2.75) is 30.7 Å². The summed E-state index contributed by atoms with van der Waals surface area (Å²) in [5, 5.41) is 27.5. The highest BCUT2D eigenvalue weighted by molar-refractivity contribution is 4.94. The fourth-order valence-electron chi connectivity index (χ4n) is 1.46. The van der Waals surface area contributed by atoms with E-state index in [-0.39, 0.29) is 6.61 Å².